The average Bonchev–Trinajstić information content (AvgIpc) is 2.09. The van der Waals surface area contributed by atoms with Crippen LogP contribution in [0.3, 0.4) is 0 Å². The first-order chi connectivity index (χ1) is 5.83. The summed E-state index contributed by atoms with van der Waals surface area (Å²) in [6.45, 7) is 4.07. The maximum absolute atomic E-state index is 9.01. The van der Waals surface area contributed by atoms with Crippen molar-refractivity contribution in [2.75, 3.05) is 6.54 Å². The van der Waals surface area contributed by atoms with Gasteiger partial charge in [0.1, 0.15) is 5.75 Å². The monoisotopic (exact) mass is 201 g/mol. The van der Waals surface area contributed by atoms with Crippen LogP contribution in [0.15, 0.2) is 24.3 Å². The molecular weight excluding hydrogens is 186 g/mol. The second-order valence-electron chi connectivity index (χ2n) is 2.84. The average molecular weight is 202 g/mol. The summed E-state index contributed by atoms with van der Waals surface area (Å²) in [5.74, 6) is 0.328. The van der Waals surface area contributed by atoms with Crippen LogP contribution in [0.5, 0.6) is 5.75 Å². The maximum atomic E-state index is 9.01. The highest BCUT2D eigenvalue weighted by molar-refractivity contribution is 5.85. The molecule has 1 aromatic rings. The SMILES string of the molecule is CCCNCc1ccc(O)cc1.Cl. The fraction of sp³-hybridized carbons (Fsp3) is 0.400. The van der Waals surface area contributed by atoms with Gasteiger partial charge < -0.3 is 10.4 Å². The third kappa shape index (κ3) is 4.76. The Hall–Kier alpha value is -0.730. The Labute approximate surface area is 85.4 Å². The largest absolute Gasteiger partial charge is 0.508 e. The molecule has 0 radical (unpaired) electrons. The summed E-state index contributed by atoms with van der Waals surface area (Å²) in [4.78, 5) is 0. The highest BCUT2D eigenvalue weighted by Gasteiger charge is 1.91. The van der Waals surface area contributed by atoms with Crippen molar-refractivity contribution < 1.29 is 5.11 Å². The van der Waals surface area contributed by atoms with Crippen LogP contribution >= 0.6 is 12.4 Å². The van der Waals surface area contributed by atoms with Crippen molar-refractivity contribution in [1.29, 1.82) is 0 Å². The van der Waals surface area contributed by atoms with Gasteiger partial charge in [-0.05, 0) is 30.7 Å². The number of nitrogens with one attached hydrogen (secondary N) is 1. The third-order valence-electron chi connectivity index (χ3n) is 1.69. The molecule has 0 spiro atoms. The van der Waals surface area contributed by atoms with Crippen LogP contribution in [-0.4, -0.2) is 11.7 Å². The zero-order valence-electron chi connectivity index (χ0n) is 7.79. The standard InChI is InChI=1S/C10H15NO.ClH/c1-2-7-11-8-9-3-5-10(12)6-4-9;/h3-6,11-12H,2,7-8H2,1H3;1H. The van der Waals surface area contributed by atoms with Crippen molar-refractivity contribution in [2.45, 2.75) is 19.9 Å². The minimum absolute atomic E-state index is 0. The quantitative estimate of drug-likeness (QED) is 0.733. The molecule has 74 valence electrons. The number of rotatable bonds is 4. The molecule has 0 amide bonds. The Morgan fingerprint density at radius 3 is 2.38 bits per heavy atom. The summed E-state index contributed by atoms with van der Waals surface area (Å²) < 4.78 is 0. The van der Waals surface area contributed by atoms with Crippen LogP contribution in [0.2, 0.25) is 0 Å². The number of phenols is 1. The summed E-state index contributed by atoms with van der Waals surface area (Å²) in [6, 6.07) is 7.28. The highest BCUT2D eigenvalue weighted by atomic mass is 35.5. The van der Waals surface area contributed by atoms with Crippen molar-refractivity contribution in [3.8, 4) is 5.75 Å². The second-order valence-corrected chi connectivity index (χ2v) is 2.84. The lowest BCUT2D eigenvalue weighted by atomic mass is 10.2. The van der Waals surface area contributed by atoms with Gasteiger partial charge in [-0.2, -0.15) is 0 Å². The van der Waals surface area contributed by atoms with Crippen LogP contribution in [0, 0.1) is 0 Å². The van der Waals surface area contributed by atoms with E-state index in [-0.39, 0.29) is 12.4 Å². The van der Waals surface area contributed by atoms with E-state index in [4.69, 9.17) is 5.11 Å². The molecule has 0 bridgehead atoms. The number of phenolic OH excluding ortho intramolecular Hbond substituents is 1. The molecule has 0 atom stereocenters. The molecule has 0 saturated heterocycles. The first-order valence-corrected chi connectivity index (χ1v) is 4.31. The van der Waals surface area contributed by atoms with Gasteiger partial charge in [0.2, 0.25) is 0 Å². The van der Waals surface area contributed by atoms with Gasteiger partial charge in [0.25, 0.3) is 0 Å². The van der Waals surface area contributed by atoms with Crippen LogP contribution in [-0.2, 0) is 6.54 Å². The first-order valence-electron chi connectivity index (χ1n) is 4.31. The normalized spacial score (nSPS) is 9.31. The Morgan fingerprint density at radius 1 is 1.23 bits per heavy atom. The lowest BCUT2D eigenvalue weighted by Crippen LogP contribution is -2.13. The van der Waals surface area contributed by atoms with Gasteiger partial charge in [-0.1, -0.05) is 19.1 Å². The Bertz CT molecular complexity index is 223. The molecule has 0 fully saturated rings. The van der Waals surface area contributed by atoms with E-state index in [0.717, 1.165) is 19.5 Å². The molecule has 1 aromatic carbocycles. The topological polar surface area (TPSA) is 32.3 Å². The minimum Gasteiger partial charge on any atom is -0.508 e. The Morgan fingerprint density at radius 2 is 1.85 bits per heavy atom. The van der Waals surface area contributed by atoms with Crippen molar-refractivity contribution >= 4 is 12.4 Å². The molecule has 13 heavy (non-hydrogen) atoms. The summed E-state index contributed by atoms with van der Waals surface area (Å²) >= 11 is 0. The van der Waals surface area contributed by atoms with Crippen LogP contribution < -0.4 is 5.32 Å². The highest BCUT2D eigenvalue weighted by Crippen LogP contribution is 2.08. The lowest BCUT2D eigenvalue weighted by Gasteiger charge is -2.02. The third-order valence-corrected chi connectivity index (χ3v) is 1.69. The molecule has 0 unspecified atom stereocenters. The molecule has 0 aliphatic carbocycles. The van der Waals surface area contributed by atoms with Gasteiger partial charge in [-0.25, -0.2) is 0 Å². The smallest absolute Gasteiger partial charge is 0.115 e. The molecule has 0 aliphatic rings. The van der Waals surface area contributed by atoms with Crippen LogP contribution in [0.1, 0.15) is 18.9 Å². The van der Waals surface area contributed by atoms with Gasteiger partial charge in [-0.3, -0.25) is 0 Å². The predicted octanol–water partition coefficient (Wildman–Crippen LogP) is 2.31. The molecule has 0 aromatic heterocycles. The van der Waals surface area contributed by atoms with E-state index in [9.17, 15) is 0 Å². The van der Waals surface area contributed by atoms with Crippen molar-refractivity contribution in [1.82, 2.24) is 5.32 Å². The van der Waals surface area contributed by atoms with E-state index in [1.165, 1.54) is 5.56 Å². The van der Waals surface area contributed by atoms with Gasteiger partial charge in [0.15, 0.2) is 0 Å². The van der Waals surface area contributed by atoms with E-state index < -0.39 is 0 Å². The molecule has 2 nitrogen and oxygen atoms in total. The molecule has 0 heterocycles. The predicted molar refractivity (Wildman–Crippen MR) is 57.4 cm³/mol. The molecule has 1 rings (SSSR count). The van der Waals surface area contributed by atoms with E-state index in [0.29, 0.717) is 5.75 Å². The van der Waals surface area contributed by atoms with E-state index in [1.54, 1.807) is 12.1 Å². The molecular formula is C10H16ClNO. The van der Waals surface area contributed by atoms with E-state index in [1.807, 2.05) is 12.1 Å². The van der Waals surface area contributed by atoms with E-state index >= 15 is 0 Å². The summed E-state index contributed by atoms with van der Waals surface area (Å²) in [6.07, 6.45) is 1.15. The van der Waals surface area contributed by atoms with Crippen LogP contribution in [0.4, 0.5) is 0 Å². The van der Waals surface area contributed by atoms with Gasteiger partial charge in [0, 0.05) is 6.54 Å². The zero-order chi connectivity index (χ0) is 8.81. The Balaban J connectivity index is 0.00000144. The summed E-state index contributed by atoms with van der Waals surface area (Å²) in [7, 11) is 0. The van der Waals surface area contributed by atoms with Gasteiger partial charge >= 0.3 is 0 Å². The molecule has 0 aliphatic heterocycles. The fourth-order valence-corrected chi connectivity index (χ4v) is 1.02. The van der Waals surface area contributed by atoms with Crippen molar-refractivity contribution in [3.63, 3.8) is 0 Å². The van der Waals surface area contributed by atoms with Crippen molar-refractivity contribution in [2.24, 2.45) is 0 Å². The summed E-state index contributed by atoms with van der Waals surface area (Å²) in [5, 5.41) is 12.3. The van der Waals surface area contributed by atoms with Crippen LogP contribution in [0.25, 0.3) is 0 Å². The van der Waals surface area contributed by atoms with Gasteiger partial charge in [-0.15, -0.1) is 12.4 Å². The van der Waals surface area contributed by atoms with Crippen molar-refractivity contribution in [3.05, 3.63) is 29.8 Å². The first kappa shape index (κ1) is 12.3. The number of hydrogen-bond acceptors (Lipinski definition) is 2. The number of aromatic hydroxyl groups is 1. The molecule has 2 N–H and O–H groups in total. The maximum Gasteiger partial charge on any atom is 0.115 e. The molecule has 0 saturated carbocycles. The number of benzene rings is 1. The fourth-order valence-electron chi connectivity index (χ4n) is 1.02. The number of halogens is 1. The number of hydrogen-bond donors (Lipinski definition) is 2. The lowest BCUT2D eigenvalue weighted by molar-refractivity contribution is 0.475. The summed E-state index contributed by atoms with van der Waals surface area (Å²) in [5.41, 5.74) is 1.21. The van der Waals surface area contributed by atoms with E-state index in [2.05, 4.69) is 12.2 Å². The second kappa shape index (κ2) is 6.75. The van der Waals surface area contributed by atoms with Gasteiger partial charge in [0.05, 0.1) is 0 Å². The molecule has 3 heteroatoms. The minimum atomic E-state index is 0. The zero-order valence-corrected chi connectivity index (χ0v) is 8.60. The Kier molecular flexibility index (Phi) is 6.37.